The number of thiophene rings is 1. The molecule has 0 unspecified atom stereocenters. The fourth-order valence-electron chi connectivity index (χ4n) is 3.16. The highest BCUT2D eigenvalue weighted by Crippen LogP contribution is 2.39. The molecule has 0 fully saturated rings. The zero-order valence-corrected chi connectivity index (χ0v) is 17.3. The summed E-state index contributed by atoms with van der Waals surface area (Å²) in [7, 11) is 3.10. The third kappa shape index (κ3) is 4.41. The van der Waals surface area contributed by atoms with Crippen molar-refractivity contribution in [2.45, 2.75) is 13.3 Å². The molecule has 29 heavy (non-hydrogen) atoms. The van der Waals surface area contributed by atoms with Crippen molar-refractivity contribution in [3.8, 4) is 22.6 Å². The van der Waals surface area contributed by atoms with Crippen LogP contribution < -0.4 is 20.5 Å². The van der Waals surface area contributed by atoms with Gasteiger partial charge in [-0.05, 0) is 18.6 Å². The van der Waals surface area contributed by atoms with Gasteiger partial charge in [0.2, 0.25) is 5.91 Å². The third-order valence-corrected chi connectivity index (χ3v) is 5.51. The predicted octanol–water partition coefficient (Wildman–Crippen LogP) is 4.02. The molecule has 0 aliphatic carbocycles. The van der Waals surface area contributed by atoms with Crippen LogP contribution in [-0.4, -0.2) is 26.0 Å². The monoisotopic (exact) mass is 410 g/mol. The second kappa shape index (κ2) is 8.79. The molecule has 3 rings (SSSR count). The molecule has 0 saturated carbocycles. The smallest absolute Gasteiger partial charge is 0.252 e. The van der Waals surface area contributed by atoms with Crippen molar-refractivity contribution in [1.82, 2.24) is 0 Å². The molecule has 1 heterocycles. The van der Waals surface area contributed by atoms with Crippen LogP contribution in [0.4, 0.5) is 5.00 Å². The molecule has 0 bridgehead atoms. The number of nitrogens with two attached hydrogens (primary N) is 1. The Morgan fingerprint density at radius 1 is 1.07 bits per heavy atom. The summed E-state index contributed by atoms with van der Waals surface area (Å²) in [6.45, 7) is 1.90. The maximum absolute atomic E-state index is 12.7. The molecule has 2 amide bonds. The SMILES string of the molecule is COc1ccc(CC(=O)Nc2sc(C)c(-c3ccccc3)c2C(N)=O)c(OC)c1. The van der Waals surface area contributed by atoms with E-state index in [-0.39, 0.29) is 12.3 Å². The summed E-state index contributed by atoms with van der Waals surface area (Å²) in [6.07, 6.45) is 0.0863. The highest BCUT2D eigenvalue weighted by atomic mass is 32.1. The van der Waals surface area contributed by atoms with E-state index in [1.165, 1.54) is 18.4 Å². The standard InChI is InChI=1S/C22H22N2O4S/c1-13-19(14-7-5-4-6-8-14)20(21(23)26)22(29-13)24-18(25)11-15-9-10-16(27-2)12-17(15)28-3/h4-10,12H,11H2,1-3H3,(H2,23,26)(H,24,25). The Hall–Kier alpha value is -3.32. The second-order valence-electron chi connectivity index (χ2n) is 6.37. The normalized spacial score (nSPS) is 10.4. The first-order valence-corrected chi connectivity index (χ1v) is 9.75. The van der Waals surface area contributed by atoms with Crippen molar-refractivity contribution >= 4 is 28.2 Å². The highest BCUT2D eigenvalue weighted by molar-refractivity contribution is 7.17. The number of methoxy groups -OCH3 is 2. The number of aryl methyl sites for hydroxylation is 1. The van der Waals surface area contributed by atoms with Crippen molar-refractivity contribution in [2.24, 2.45) is 5.73 Å². The topological polar surface area (TPSA) is 90.6 Å². The van der Waals surface area contributed by atoms with Crippen molar-refractivity contribution in [1.29, 1.82) is 0 Å². The first kappa shape index (κ1) is 20.4. The Morgan fingerprint density at radius 3 is 2.41 bits per heavy atom. The largest absolute Gasteiger partial charge is 0.497 e. The van der Waals surface area contributed by atoms with Gasteiger partial charge in [0.1, 0.15) is 16.5 Å². The lowest BCUT2D eigenvalue weighted by Crippen LogP contribution is -2.18. The molecule has 7 heteroatoms. The van der Waals surface area contributed by atoms with E-state index in [9.17, 15) is 9.59 Å². The van der Waals surface area contributed by atoms with Gasteiger partial charge in [0.25, 0.3) is 5.91 Å². The maximum Gasteiger partial charge on any atom is 0.252 e. The fourth-order valence-corrected chi connectivity index (χ4v) is 4.26. The van der Waals surface area contributed by atoms with Gasteiger partial charge in [0.15, 0.2) is 0 Å². The number of hydrogen-bond acceptors (Lipinski definition) is 5. The molecular formula is C22H22N2O4S. The summed E-state index contributed by atoms with van der Waals surface area (Å²) < 4.78 is 10.5. The maximum atomic E-state index is 12.7. The minimum atomic E-state index is -0.578. The zero-order chi connectivity index (χ0) is 21.0. The molecule has 3 N–H and O–H groups in total. The van der Waals surface area contributed by atoms with Crippen molar-refractivity contribution < 1.29 is 19.1 Å². The lowest BCUT2D eigenvalue weighted by Gasteiger charge is -2.11. The van der Waals surface area contributed by atoms with Gasteiger partial charge in [-0.1, -0.05) is 36.4 Å². The van der Waals surface area contributed by atoms with Crippen LogP contribution in [0, 0.1) is 6.92 Å². The number of ether oxygens (including phenoxy) is 2. The van der Waals surface area contributed by atoms with Crippen molar-refractivity contribution in [3.63, 3.8) is 0 Å². The Balaban J connectivity index is 1.89. The van der Waals surface area contributed by atoms with Gasteiger partial charge >= 0.3 is 0 Å². The number of carbonyl (C=O) groups excluding carboxylic acids is 2. The van der Waals surface area contributed by atoms with E-state index in [1.54, 1.807) is 25.3 Å². The lowest BCUT2D eigenvalue weighted by atomic mass is 10.0. The van der Waals surface area contributed by atoms with E-state index in [2.05, 4.69) is 5.32 Å². The first-order chi connectivity index (χ1) is 13.9. The van der Waals surface area contributed by atoms with E-state index in [1.807, 2.05) is 37.3 Å². The molecule has 0 aliphatic heterocycles. The van der Waals surface area contributed by atoms with Gasteiger partial charge in [0.05, 0.1) is 26.2 Å². The van der Waals surface area contributed by atoms with Crippen LogP contribution in [0.5, 0.6) is 11.5 Å². The number of benzene rings is 2. The number of nitrogens with one attached hydrogen (secondary N) is 1. The Kier molecular flexibility index (Phi) is 6.19. The average Bonchev–Trinajstić information content (AvgIpc) is 3.04. The zero-order valence-electron chi connectivity index (χ0n) is 16.4. The number of carbonyl (C=O) groups is 2. The van der Waals surface area contributed by atoms with Gasteiger partial charge in [-0.25, -0.2) is 0 Å². The Labute approximate surface area is 173 Å². The summed E-state index contributed by atoms with van der Waals surface area (Å²) in [4.78, 5) is 25.8. The van der Waals surface area contributed by atoms with Crippen LogP contribution in [0.25, 0.3) is 11.1 Å². The highest BCUT2D eigenvalue weighted by Gasteiger charge is 2.23. The molecule has 3 aromatic rings. The van der Waals surface area contributed by atoms with E-state index >= 15 is 0 Å². The van der Waals surface area contributed by atoms with Crippen molar-refractivity contribution in [2.75, 3.05) is 19.5 Å². The van der Waals surface area contributed by atoms with Gasteiger partial charge in [-0.15, -0.1) is 11.3 Å². The van der Waals surface area contributed by atoms with Crippen LogP contribution in [0.2, 0.25) is 0 Å². The lowest BCUT2D eigenvalue weighted by molar-refractivity contribution is -0.115. The quantitative estimate of drug-likeness (QED) is 0.615. The average molecular weight is 410 g/mol. The molecule has 0 radical (unpaired) electrons. The van der Waals surface area contributed by atoms with Crippen molar-refractivity contribution in [3.05, 3.63) is 64.5 Å². The molecule has 2 aromatic carbocycles. The second-order valence-corrected chi connectivity index (χ2v) is 7.60. The molecule has 0 atom stereocenters. The van der Waals surface area contributed by atoms with Crippen LogP contribution in [0.15, 0.2) is 48.5 Å². The van der Waals surface area contributed by atoms with E-state index in [0.29, 0.717) is 27.6 Å². The molecule has 0 spiro atoms. The fraction of sp³-hybridized carbons (Fsp3) is 0.182. The van der Waals surface area contributed by atoms with Gasteiger partial charge in [-0.2, -0.15) is 0 Å². The summed E-state index contributed by atoms with van der Waals surface area (Å²) in [5.41, 5.74) is 8.33. The van der Waals surface area contributed by atoms with Crippen LogP contribution in [0.1, 0.15) is 20.8 Å². The van der Waals surface area contributed by atoms with Gasteiger partial charge in [0, 0.05) is 22.1 Å². The minimum Gasteiger partial charge on any atom is -0.497 e. The molecule has 150 valence electrons. The summed E-state index contributed by atoms with van der Waals surface area (Å²) in [6, 6.07) is 14.8. The Bertz CT molecular complexity index is 1040. The molecular weight excluding hydrogens is 388 g/mol. The van der Waals surface area contributed by atoms with E-state index in [0.717, 1.165) is 16.0 Å². The number of amides is 2. The number of primary amides is 1. The number of anilines is 1. The predicted molar refractivity (Wildman–Crippen MR) is 115 cm³/mol. The third-order valence-electron chi connectivity index (χ3n) is 4.49. The minimum absolute atomic E-state index is 0.0863. The van der Waals surface area contributed by atoms with Crippen LogP contribution in [0.3, 0.4) is 0 Å². The van der Waals surface area contributed by atoms with Gasteiger partial charge in [-0.3, -0.25) is 9.59 Å². The molecule has 6 nitrogen and oxygen atoms in total. The Morgan fingerprint density at radius 2 is 1.79 bits per heavy atom. The molecule has 0 aliphatic rings. The molecule has 1 aromatic heterocycles. The molecule has 0 saturated heterocycles. The summed E-state index contributed by atoms with van der Waals surface area (Å²) >= 11 is 1.34. The van der Waals surface area contributed by atoms with Crippen LogP contribution in [-0.2, 0) is 11.2 Å². The number of rotatable bonds is 7. The van der Waals surface area contributed by atoms with E-state index in [4.69, 9.17) is 15.2 Å². The summed E-state index contributed by atoms with van der Waals surface area (Å²) in [5.74, 6) is 0.354. The summed E-state index contributed by atoms with van der Waals surface area (Å²) in [5, 5.41) is 3.29. The number of hydrogen-bond donors (Lipinski definition) is 2. The first-order valence-electron chi connectivity index (χ1n) is 8.94. The van der Waals surface area contributed by atoms with Crippen LogP contribution >= 0.6 is 11.3 Å². The van der Waals surface area contributed by atoms with E-state index < -0.39 is 5.91 Å². The van der Waals surface area contributed by atoms with Gasteiger partial charge < -0.3 is 20.5 Å².